The number of methoxy groups -OCH3 is 2. The summed E-state index contributed by atoms with van der Waals surface area (Å²) in [7, 11) is 3.08. The molecule has 1 aliphatic heterocycles. The first kappa shape index (κ1) is 20.9. The Morgan fingerprint density at radius 3 is 2.55 bits per heavy atom. The van der Waals surface area contributed by atoms with Crippen LogP contribution in [0.15, 0.2) is 36.5 Å². The van der Waals surface area contributed by atoms with Crippen LogP contribution in [0.3, 0.4) is 0 Å². The summed E-state index contributed by atoms with van der Waals surface area (Å²) in [5.41, 5.74) is 0.995. The van der Waals surface area contributed by atoms with Crippen molar-refractivity contribution in [3.8, 4) is 11.5 Å². The Morgan fingerprint density at radius 1 is 1.17 bits per heavy atom. The maximum absolute atomic E-state index is 12.7. The minimum Gasteiger partial charge on any atom is -0.497 e. The van der Waals surface area contributed by atoms with E-state index in [4.69, 9.17) is 21.1 Å². The van der Waals surface area contributed by atoms with Crippen molar-refractivity contribution in [3.63, 3.8) is 0 Å². The smallest absolute Gasteiger partial charge is 0.254 e. The maximum Gasteiger partial charge on any atom is 0.254 e. The van der Waals surface area contributed by atoms with E-state index in [1.165, 1.54) is 6.20 Å². The molecule has 1 fully saturated rings. The van der Waals surface area contributed by atoms with E-state index in [2.05, 4.69) is 10.3 Å². The topological polar surface area (TPSA) is 80.8 Å². The zero-order valence-electron chi connectivity index (χ0n) is 16.5. The molecule has 3 rings (SSSR count). The van der Waals surface area contributed by atoms with Crippen molar-refractivity contribution >= 4 is 23.4 Å². The number of ether oxygens (including phenoxy) is 2. The lowest BCUT2D eigenvalue weighted by Gasteiger charge is -2.33. The van der Waals surface area contributed by atoms with Gasteiger partial charge in [-0.15, -0.1) is 0 Å². The molecule has 2 amide bonds. The van der Waals surface area contributed by atoms with Gasteiger partial charge < -0.3 is 19.7 Å². The number of carbonyl (C=O) groups is 2. The minimum absolute atomic E-state index is 0.0668. The average Bonchev–Trinajstić information content (AvgIpc) is 2.76. The number of amides is 2. The summed E-state index contributed by atoms with van der Waals surface area (Å²) in [5, 5.41) is 3.26. The molecule has 1 N–H and O–H groups in total. The first-order chi connectivity index (χ1) is 14.0. The lowest BCUT2D eigenvalue weighted by molar-refractivity contribution is 0.0670. The molecule has 0 radical (unpaired) electrons. The van der Waals surface area contributed by atoms with E-state index in [0.717, 1.165) is 12.8 Å². The summed E-state index contributed by atoms with van der Waals surface area (Å²) in [4.78, 5) is 31.0. The third-order valence-corrected chi connectivity index (χ3v) is 5.15. The lowest BCUT2D eigenvalue weighted by Crippen LogP contribution is -2.43. The molecule has 1 aromatic carbocycles. The summed E-state index contributed by atoms with van der Waals surface area (Å²) in [6.45, 7) is 1.76. The van der Waals surface area contributed by atoms with Crippen LogP contribution in [0.5, 0.6) is 11.5 Å². The summed E-state index contributed by atoms with van der Waals surface area (Å²) >= 11 is 5.90. The first-order valence-electron chi connectivity index (χ1n) is 9.42. The van der Waals surface area contributed by atoms with Crippen LogP contribution in [0.1, 0.15) is 33.6 Å². The highest BCUT2D eigenvalue weighted by Gasteiger charge is 2.25. The summed E-state index contributed by atoms with van der Waals surface area (Å²) in [6, 6.07) is 8.29. The highest BCUT2D eigenvalue weighted by molar-refractivity contribution is 6.29. The number of piperidine rings is 1. The van der Waals surface area contributed by atoms with E-state index in [-0.39, 0.29) is 17.7 Å². The number of aromatic nitrogens is 1. The van der Waals surface area contributed by atoms with E-state index in [9.17, 15) is 9.59 Å². The van der Waals surface area contributed by atoms with Crippen LogP contribution in [0.2, 0.25) is 5.15 Å². The van der Waals surface area contributed by atoms with Crippen molar-refractivity contribution in [3.05, 3.63) is 52.8 Å². The van der Waals surface area contributed by atoms with Crippen LogP contribution in [-0.4, -0.2) is 55.6 Å². The molecule has 0 saturated carbocycles. The second kappa shape index (κ2) is 9.60. The molecule has 7 nitrogen and oxygen atoms in total. The molecule has 29 heavy (non-hydrogen) atoms. The van der Waals surface area contributed by atoms with Gasteiger partial charge in [0.2, 0.25) is 0 Å². The quantitative estimate of drug-likeness (QED) is 0.730. The fraction of sp³-hybridized carbons (Fsp3) is 0.381. The largest absolute Gasteiger partial charge is 0.497 e. The van der Waals surface area contributed by atoms with Crippen LogP contribution >= 0.6 is 11.6 Å². The monoisotopic (exact) mass is 417 g/mol. The Kier molecular flexibility index (Phi) is 6.93. The molecule has 0 spiro atoms. The Labute approximate surface area is 175 Å². The number of benzene rings is 1. The normalized spacial score (nSPS) is 16.2. The van der Waals surface area contributed by atoms with Crippen LogP contribution in [-0.2, 0) is 0 Å². The highest BCUT2D eigenvalue weighted by atomic mass is 35.5. The number of rotatable bonds is 6. The van der Waals surface area contributed by atoms with Gasteiger partial charge in [0, 0.05) is 43.0 Å². The van der Waals surface area contributed by atoms with Gasteiger partial charge in [-0.05, 0) is 43.0 Å². The van der Waals surface area contributed by atoms with E-state index in [1.807, 2.05) is 0 Å². The van der Waals surface area contributed by atoms with Crippen molar-refractivity contribution in [1.82, 2.24) is 15.2 Å². The molecule has 8 heteroatoms. The Hall–Kier alpha value is -2.80. The first-order valence-corrected chi connectivity index (χ1v) is 9.80. The molecule has 0 bridgehead atoms. The molecular formula is C21H24ClN3O4. The van der Waals surface area contributed by atoms with Gasteiger partial charge in [-0.2, -0.15) is 0 Å². The number of hydrogen-bond donors (Lipinski definition) is 1. The second-order valence-electron chi connectivity index (χ2n) is 6.94. The Balaban J connectivity index is 1.59. The molecule has 1 aliphatic rings. The lowest BCUT2D eigenvalue weighted by atomic mass is 9.97. The summed E-state index contributed by atoms with van der Waals surface area (Å²) in [5.74, 6) is 1.02. The number of likely N-dealkylation sites (tertiary alicyclic amines) is 1. The van der Waals surface area contributed by atoms with Crippen LogP contribution in [0.25, 0.3) is 0 Å². The van der Waals surface area contributed by atoms with E-state index >= 15 is 0 Å². The van der Waals surface area contributed by atoms with Crippen molar-refractivity contribution < 1.29 is 19.1 Å². The van der Waals surface area contributed by atoms with Gasteiger partial charge >= 0.3 is 0 Å². The third-order valence-electron chi connectivity index (χ3n) is 4.94. The molecule has 2 heterocycles. The van der Waals surface area contributed by atoms with Gasteiger partial charge in [-0.25, -0.2) is 4.98 Å². The SMILES string of the molecule is COc1cc(OC)cc(C(=O)NCC2CCCN(C(=O)c3ccnc(Cl)c3)C2)c1. The summed E-state index contributed by atoms with van der Waals surface area (Å²) < 4.78 is 10.4. The Morgan fingerprint density at radius 2 is 1.90 bits per heavy atom. The van der Waals surface area contributed by atoms with Gasteiger partial charge in [-0.3, -0.25) is 9.59 Å². The van der Waals surface area contributed by atoms with Crippen molar-refractivity contribution in [2.75, 3.05) is 33.9 Å². The molecule has 2 aromatic rings. The van der Waals surface area contributed by atoms with Crippen molar-refractivity contribution in [2.45, 2.75) is 12.8 Å². The number of nitrogens with one attached hydrogen (secondary N) is 1. The van der Waals surface area contributed by atoms with E-state index in [1.54, 1.807) is 49.5 Å². The van der Waals surface area contributed by atoms with Crippen LogP contribution < -0.4 is 14.8 Å². The van der Waals surface area contributed by atoms with Gasteiger partial charge in [0.1, 0.15) is 16.7 Å². The minimum atomic E-state index is -0.202. The second-order valence-corrected chi connectivity index (χ2v) is 7.33. The standard InChI is InChI=1S/C21H24ClN3O4/c1-28-17-8-16(9-18(11-17)29-2)20(26)24-12-14-4-3-7-25(13-14)21(27)15-5-6-23-19(22)10-15/h5-6,8-11,14H,3-4,7,12-13H2,1-2H3,(H,24,26). The van der Waals surface area contributed by atoms with Crippen LogP contribution in [0.4, 0.5) is 0 Å². The summed E-state index contributed by atoms with van der Waals surface area (Å²) in [6.07, 6.45) is 3.36. The maximum atomic E-state index is 12.7. The fourth-order valence-corrected chi connectivity index (χ4v) is 3.59. The Bertz CT molecular complexity index is 868. The number of hydrogen-bond acceptors (Lipinski definition) is 5. The van der Waals surface area contributed by atoms with Gasteiger partial charge in [0.15, 0.2) is 0 Å². The fourth-order valence-electron chi connectivity index (χ4n) is 3.41. The number of nitrogens with zero attached hydrogens (tertiary/aromatic N) is 2. The van der Waals surface area contributed by atoms with Gasteiger partial charge in [0.05, 0.1) is 14.2 Å². The van der Waals surface area contributed by atoms with Crippen molar-refractivity contribution in [2.24, 2.45) is 5.92 Å². The number of halogens is 1. The molecule has 1 unspecified atom stereocenters. The highest BCUT2D eigenvalue weighted by Crippen LogP contribution is 2.23. The molecular weight excluding hydrogens is 394 g/mol. The van der Waals surface area contributed by atoms with Gasteiger partial charge in [0.25, 0.3) is 11.8 Å². The number of carbonyl (C=O) groups excluding carboxylic acids is 2. The van der Waals surface area contributed by atoms with Crippen molar-refractivity contribution in [1.29, 1.82) is 0 Å². The predicted molar refractivity (Wildman–Crippen MR) is 110 cm³/mol. The number of pyridine rings is 1. The van der Waals surface area contributed by atoms with E-state index < -0.39 is 0 Å². The molecule has 154 valence electrons. The average molecular weight is 418 g/mol. The van der Waals surface area contributed by atoms with E-state index in [0.29, 0.717) is 47.4 Å². The molecule has 1 aromatic heterocycles. The zero-order chi connectivity index (χ0) is 20.8. The molecule has 0 aliphatic carbocycles. The molecule has 1 saturated heterocycles. The molecule has 1 atom stereocenters. The third kappa shape index (κ3) is 5.38. The zero-order valence-corrected chi connectivity index (χ0v) is 17.2. The predicted octanol–water partition coefficient (Wildman–Crippen LogP) is 3.03. The van der Waals surface area contributed by atoms with Gasteiger partial charge in [-0.1, -0.05) is 11.6 Å². The van der Waals surface area contributed by atoms with Crippen LogP contribution in [0, 0.1) is 5.92 Å².